The molecular weight excluding hydrogens is 620 g/mol. The molecule has 2 fully saturated rings. The molecule has 7 rings (SSSR count). The molecule has 3 aliphatic heterocycles. The number of hydrazine groups is 1. The van der Waals surface area contributed by atoms with Crippen LogP contribution in [0.25, 0.3) is 0 Å². The van der Waals surface area contributed by atoms with E-state index in [4.69, 9.17) is 10.8 Å². The third-order valence-electron chi connectivity index (χ3n) is 9.55. The molecule has 252 valence electrons. The van der Waals surface area contributed by atoms with Gasteiger partial charge >= 0.3 is 6.03 Å². The maximum atomic E-state index is 14.5. The number of anilines is 1. The fourth-order valence-electron chi connectivity index (χ4n) is 7.15. The van der Waals surface area contributed by atoms with Crippen LogP contribution in [0.15, 0.2) is 107 Å². The highest BCUT2D eigenvalue weighted by Crippen LogP contribution is 2.33. The number of amides is 4. The highest BCUT2D eigenvalue weighted by atomic mass is 16.3. The number of nitrogens with two attached hydrogens (primary N) is 1. The summed E-state index contributed by atoms with van der Waals surface area (Å²) in [4.78, 5) is 45.5. The van der Waals surface area contributed by atoms with E-state index in [1.54, 1.807) is 51.1 Å². The van der Waals surface area contributed by atoms with Gasteiger partial charge in [-0.1, -0.05) is 66.7 Å². The van der Waals surface area contributed by atoms with Crippen molar-refractivity contribution in [1.82, 2.24) is 30.1 Å². The van der Waals surface area contributed by atoms with Gasteiger partial charge in [0.1, 0.15) is 18.0 Å². The van der Waals surface area contributed by atoms with Gasteiger partial charge < -0.3 is 26.0 Å². The normalized spacial score (nSPS) is 22.1. The molecular formula is C37H40N8O4. The molecule has 49 heavy (non-hydrogen) atoms. The minimum Gasteiger partial charge on any atom is -0.508 e. The van der Waals surface area contributed by atoms with Crippen molar-refractivity contribution >= 4 is 29.7 Å². The van der Waals surface area contributed by atoms with Crippen molar-refractivity contribution in [3.05, 3.63) is 119 Å². The first-order valence-electron chi connectivity index (χ1n) is 16.5. The minimum absolute atomic E-state index is 0.0482. The number of hydrogen-bond donors (Lipinski definition) is 3. The zero-order chi connectivity index (χ0) is 34.1. The van der Waals surface area contributed by atoms with Gasteiger partial charge in [0.05, 0.1) is 31.9 Å². The second-order valence-electron chi connectivity index (χ2n) is 12.9. The molecule has 0 bridgehead atoms. The summed E-state index contributed by atoms with van der Waals surface area (Å²) in [6.45, 7) is 1.29. The number of hydrazone groups is 1. The van der Waals surface area contributed by atoms with Crippen molar-refractivity contribution in [3.8, 4) is 5.75 Å². The Morgan fingerprint density at radius 1 is 0.939 bits per heavy atom. The van der Waals surface area contributed by atoms with Crippen LogP contribution in [0, 0.1) is 0 Å². The third-order valence-corrected chi connectivity index (χ3v) is 9.55. The molecule has 3 heterocycles. The van der Waals surface area contributed by atoms with Crippen molar-refractivity contribution in [2.45, 2.75) is 44.2 Å². The SMILES string of the molecule is CN1CC(=O)N2[C@@H](Cc3ccc(O)cc3)C(=O)N(CC3=CCC=C4C=NN(Cc5ccc(N)cc5)C43)C[C@@H]2N1C(=O)NCc1ccccc1. The van der Waals surface area contributed by atoms with Crippen LogP contribution in [0.1, 0.15) is 23.1 Å². The van der Waals surface area contributed by atoms with E-state index in [2.05, 4.69) is 17.5 Å². The topological polar surface area (TPSA) is 138 Å². The lowest BCUT2D eigenvalue weighted by Crippen LogP contribution is -2.76. The monoisotopic (exact) mass is 660 g/mol. The van der Waals surface area contributed by atoms with Crippen LogP contribution in [0.3, 0.4) is 0 Å². The Hall–Kier alpha value is -5.62. The number of carbonyl (C=O) groups is 3. The second-order valence-corrected chi connectivity index (χ2v) is 12.9. The van der Waals surface area contributed by atoms with Crippen LogP contribution >= 0.6 is 0 Å². The summed E-state index contributed by atoms with van der Waals surface area (Å²) in [5, 5.41) is 22.9. The van der Waals surface area contributed by atoms with Gasteiger partial charge in [-0.05, 0) is 58.5 Å². The first kappa shape index (κ1) is 32.0. The van der Waals surface area contributed by atoms with Crippen LogP contribution < -0.4 is 11.1 Å². The molecule has 0 aromatic heterocycles. The van der Waals surface area contributed by atoms with E-state index < -0.39 is 12.2 Å². The molecule has 1 aliphatic carbocycles. The first-order valence-corrected chi connectivity index (χ1v) is 16.5. The van der Waals surface area contributed by atoms with E-state index in [1.807, 2.05) is 65.8 Å². The van der Waals surface area contributed by atoms with Gasteiger partial charge in [-0.3, -0.25) is 14.6 Å². The zero-order valence-corrected chi connectivity index (χ0v) is 27.4. The fourth-order valence-corrected chi connectivity index (χ4v) is 7.15. The van der Waals surface area contributed by atoms with Gasteiger partial charge in [-0.25, -0.2) is 14.8 Å². The second kappa shape index (κ2) is 13.5. The maximum absolute atomic E-state index is 14.5. The van der Waals surface area contributed by atoms with E-state index >= 15 is 0 Å². The molecule has 12 nitrogen and oxygen atoms in total. The number of fused-ring (bicyclic) bond motifs is 2. The average molecular weight is 661 g/mol. The van der Waals surface area contributed by atoms with Crippen molar-refractivity contribution in [3.63, 3.8) is 0 Å². The van der Waals surface area contributed by atoms with Crippen LogP contribution in [0.2, 0.25) is 0 Å². The van der Waals surface area contributed by atoms with Crippen LogP contribution in [-0.4, -0.2) is 98.9 Å². The summed E-state index contributed by atoms with van der Waals surface area (Å²) in [6.07, 6.45) is 6.41. The Morgan fingerprint density at radius 2 is 1.67 bits per heavy atom. The van der Waals surface area contributed by atoms with Gasteiger partial charge in [0.2, 0.25) is 11.8 Å². The van der Waals surface area contributed by atoms with E-state index in [0.717, 1.165) is 27.8 Å². The van der Waals surface area contributed by atoms with Gasteiger partial charge in [0.25, 0.3) is 0 Å². The van der Waals surface area contributed by atoms with E-state index in [-0.39, 0.29) is 49.1 Å². The lowest BCUT2D eigenvalue weighted by molar-refractivity contribution is -0.186. The Bertz CT molecular complexity index is 1810. The zero-order valence-electron chi connectivity index (χ0n) is 27.4. The molecule has 0 saturated carbocycles. The number of nitrogens with zero attached hydrogens (tertiary/aromatic N) is 6. The number of phenols is 1. The number of likely N-dealkylation sites (N-methyl/N-ethyl adjacent to an activating group) is 1. The van der Waals surface area contributed by atoms with E-state index in [9.17, 15) is 19.5 Å². The summed E-state index contributed by atoms with van der Waals surface area (Å²) in [7, 11) is 1.72. The van der Waals surface area contributed by atoms with Crippen LogP contribution in [-0.2, 0) is 29.1 Å². The predicted molar refractivity (Wildman–Crippen MR) is 185 cm³/mol. The largest absolute Gasteiger partial charge is 0.508 e. The molecule has 4 aliphatic rings. The average Bonchev–Trinajstić information content (AvgIpc) is 3.51. The molecule has 1 unspecified atom stereocenters. The highest BCUT2D eigenvalue weighted by molar-refractivity contribution is 5.92. The van der Waals surface area contributed by atoms with Crippen molar-refractivity contribution in [2.75, 3.05) is 32.4 Å². The number of rotatable bonds is 8. The van der Waals surface area contributed by atoms with E-state index in [0.29, 0.717) is 31.7 Å². The molecule has 4 amide bonds. The summed E-state index contributed by atoms with van der Waals surface area (Å²) in [5.41, 5.74) is 11.5. The molecule has 0 spiro atoms. The summed E-state index contributed by atoms with van der Waals surface area (Å²) < 4.78 is 0. The van der Waals surface area contributed by atoms with Crippen molar-refractivity contribution in [2.24, 2.45) is 5.10 Å². The molecule has 0 radical (unpaired) electrons. The molecule has 3 atom stereocenters. The predicted octanol–water partition coefficient (Wildman–Crippen LogP) is 3.08. The third kappa shape index (κ3) is 6.59. The number of nitrogen functional groups attached to an aromatic ring is 1. The number of carbonyl (C=O) groups excluding carboxylic acids is 3. The molecule has 2 saturated heterocycles. The lowest BCUT2D eigenvalue weighted by atomic mass is 9.91. The van der Waals surface area contributed by atoms with Crippen molar-refractivity contribution < 1.29 is 19.5 Å². The molecule has 3 aromatic rings. The number of nitrogens with one attached hydrogen (secondary N) is 1. The van der Waals surface area contributed by atoms with Crippen LogP contribution in [0.4, 0.5) is 10.5 Å². The maximum Gasteiger partial charge on any atom is 0.334 e. The number of hydrogen-bond acceptors (Lipinski definition) is 8. The van der Waals surface area contributed by atoms with Gasteiger partial charge in [0.15, 0.2) is 0 Å². The first-order chi connectivity index (χ1) is 23.7. The van der Waals surface area contributed by atoms with Crippen LogP contribution in [0.5, 0.6) is 5.75 Å². The smallest absolute Gasteiger partial charge is 0.334 e. The summed E-state index contributed by atoms with van der Waals surface area (Å²) in [6, 6.07) is 22.7. The number of allylic oxidation sites excluding steroid dienone is 2. The number of aromatic hydroxyl groups is 1. The lowest BCUT2D eigenvalue weighted by Gasteiger charge is -2.54. The van der Waals surface area contributed by atoms with Gasteiger partial charge in [-0.15, -0.1) is 0 Å². The Kier molecular flexibility index (Phi) is 8.79. The summed E-state index contributed by atoms with van der Waals surface area (Å²) >= 11 is 0. The van der Waals surface area contributed by atoms with Gasteiger partial charge in [0, 0.05) is 32.2 Å². The standard InChI is InChI=1S/C37H40N8O4/c1-41-24-34(47)44-32(18-25-12-16-31(46)17-13-25)36(48)42(23-33(44)45(41)37(49)39-19-26-6-3-2-4-7-26)22-29-9-5-8-28-20-40-43(35(28)29)21-27-10-14-30(38)15-11-27/h2-4,6-17,20,32-33,35,46H,5,18-19,21-24,38H2,1H3,(H,39,49)/t32-,33-,35?/m0/s1. The summed E-state index contributed by atoms with van der Waals surface area (Å²) in [5.74, 6) is -0.296. The Balaban J connectivity index is 1.17. The molecule has 3 aromatic carbocycles. The highest BCUT2D eigenvalue weighted by Gasteiger charge is 2.51. The molecule has 4 N–H and O–H groups in total. The Labute approximate surface area is 285 Å². The number of piperazine rings is 1. The number of urea groups is 1. The molecule has 12 heteroatoms. The fraction of sp³-hybridized carbons (Fsp3) is 0.297. The van der Waals surface area contributed by atoms with E-state index in [1.165, 1.54) is 0 Å². The quantitative estimate of drug-likeness (QED) is 0.250. The minimum atomic E-state index is -0.848. The van der Waals surface area contributed by atoms with Gasteiger partial charge in [-0.2, -0.15) is 5.10 Å². The number of benzene rings is 3. The Morgan fingerprint density at radius 3 is 2.43 bits per heavy atom. The van der Waals surface area contributed by atoms with Crippen molar-refractivity contribution in [1.29, 1.82) is 0 Å². The number of phenolic OH excluding ortho intramolecular Hbond substituents is 1.